The minimum absolute atomic E-state index is 0.0402. The van der Waals surface area contributed by atoms with E-state index in [0.29, 0.717) is 36.6 Å². The molecule has 2 N–H and O–H groups in total. The number of urea groups is 2. The van der Waals surface area contributed by atoms with Crippen LogP contribution in [0.2, 0.25) is 0 Å². The monoisotopic (exact) mass is 464 g/mol. The fourth-order valence-electron chi connectivity index (χ4n) is 3.93. The number of benzene rings is 3. The Bertz CT molecular complexity index is 1210. The summed E-state index contributed by atoms with van der Waals surface area (Å²) in [7, 11) is 0. The van der Waals surface area contributed by atoms with Gasteiger partial charge in [0, 0.05) is 24.3 Å². The summed E-state index contributed by atoms with van der Waals surface area (Å²) < 4.78 is 27.8. The Morgan fingerprint density at radius 2 is 1.65 bits per heavy atom. The van der Waals surface area contributed by atoms with Gasteiger partial charge in [-0.2, -0.15) is 0 Å². The van der Waals surface area contributed by atoms with Crippen molar-refractivity contribution in [3.63, 3.8) is 0 Å². The van der Waals surface area contributed by atoms with Gasteiger partial charge in [-0.15, -0.1) is 0 Å². The van der Waals surface area contributed by atoms with E-state index in [9.17, 15) is 18.4 Å². The van der Waals surface area contributed by atoms with Gasteiger partial charge in [0.1, 0.15) is 11.6 Å². The molecule has 0 bridgehead atoms. The van der Waals surface area contributed by atoms with E-state index < -0.39 is 17.7 Å². The first kappa shape index (κ1) is 23.2. The molecule has 0 radical (unpaired) electrons. The molecule has 1 aliphatic rings. The van der Waals surface area contributed by atoms with Crippen molar-refractivity contribution in [2.45, 2.75) is 26.8 Å². The van der Waals surface area contributed by atoms with Gasteiger partial charge >= 0.3 is 12.1 Å². The fraction of sp³-hybridized carbons (Fsp3) is 0.231. The number of amides is 4. The average Bonchev–Trinajstić information content (AvgIpc) is 2.80. The molecule has 0 aromatic heterocycles. The second-order valence-electron chi connectivity index (χ2n) is 8.41. The van der Waals surface area contributed by atoms with Crippen LogP contribution in [-0.4, -0.2) is 30.1 Å². The van der Waals surface area contributed by atoms with Crippen LogP contribution in [0, 0.1) is 25.5 Å². The van der Waals surface area contributed by atoms with Crippen molar-refractivity contribution in [1.29, 1.82) is 0 Å². The molecule has 34 heavy (non-hydrogen) atoms. The Balaban J connectivity index is 1.53. The van der Waals surface area contributed by atoms with Gasteiger partial charge in [0.15, 0.2) is 0 Å². The Kier molecular flexibility index (Phi) is 6.77. The average molecular weight is 465 g/mol. The topological polar surface area (TPSA) is 64.7 Å². The van der Waals surface area contributed by atoms with Crippen LogP contribution < -0.4 is 15.5 Å². The summed E-state index contributed by atoms with van der Waals surface area (Å²) in [5.41, 5.74) is 3.79. The molecule has 6 nitrogen and oxygen atoms in total. The zero-order chi connectivity index (χ0) is 24.2. The largest absolute Gasteiger partial charge is 0.324 e. The number of nitrogens with one attached hydrogen (secondary N) is 2. The predicted octanol–water partition coefficient (Wildman–Crippen LogP) is 6.06. The third kappa shape index (κ3) is 5.33. The summed E-state index contributed by atoms with van der Waals surface area (Å²) in [5, 5.41) is 5.63. The second-order valence-corrected chi connectivity index (χ2v) is 8.41. The number of rotatable bonds is 5. The van der Waals surface area contributed by atoms with E-state index in [0.717, 1.165) is 29.3 Å². The summed E-state index contributed by atoms with van der Waals surface area (Å²) in [6.07, 6.45) is 0.644. The van der Waals surface area contributed by atoms with Crippen molar-refractivity contribution < 1.29 is 18.4 Å². The molecule has 3 aromatic rings. The highest BCUT2D eigenvalue weighted by molar-refractivity contribution is 6.04. The van der Waals surface area contributed by atoms with Crippen LogP contribution in [0.1, 0.15) is 23.1 Å². The zero-order valence-corrected chi connectivity index (χ0v) is 19.1. The molecule has 0 aliphatic carbocycles. The van der Waals surface area contributed by atoms with E-state index in [1.165, 1.54) is 4.90 Å². The van der Waals surface area contributed by atoms with Gasteiger partial charge in [0.05, 0.1) is 17.9 Å². The lowest BCUT2D eigenvalue weighted by atomic mass is 10.1. The van der Waals surface area contributed by atoms with Gasteiger partial charge in [-0.1, -0.05) is 23.8 Å². The third-order valence-electron chi connectivity index (χ3n) is 5.68. The summed E-state index contributed by atoms with van der Waals surface area (Å²) in [6.45, 7) is 4.68. The SMILES string of the molecule is Cc1ccc(NC(=O)Nc2cc(C)ccc2N2CCCN(Cc3cc(F)ccc3F)C2=O)cc1. The minimum atomic E-state index is -0.559. The molecule has 0 atom stereocenters. The molecular weight excluding hydrogens is 438 g/mol. The highest BCUT2D eigenvalue weighted by atomic mass is 19.1. The first-order chi connectivity index (χ1) is 16.3. The van der Waals surface area contributed by atoms with Crippen LogP contribution >= 0.6 is 0 Å². The fourth-order valence-corrected chi connectivity index (χ4v) is 3.93. The van der Waals surface area contributed by atoms with Crippen molar-refractivity contribution in [3.8, 4) is 0 Å². The lowest BCUT2D eigenvalue weighted by Gasteiger charge is -2.36. The number of halogens is 2. The Labute approximate surface area is 197 Å². The van der Waals surface area contributed by atoms with Crippen molar-refractivity contribution in [2.24, 2.45) is 0 Å². The van der Waals surface area contributed by atoms with Gasteiger partial charge in [-0.25, -0.2) is 18.4 Å². The molecule has 1 fully saturated rings. The van der Waals surface area contributed by atoms with Crippen LogP contribution in [0.4, 0.5) is 35.4 Å². The van der Waals surface area contributed by atoms with Gasteiger partial charge in [0.25, 0.3) is 0 Å². The maximum Gasteiger partial charge on any atom is 0.324 e. The first-order valence-corrected chi connectivity index (χ1v) is 11.1. The molecule has 0 saturated carbocycles. The molecule has 3 aromatic carbocycles. The number of carbonyl (C=O) groups is 2. The first-order valence-electron chi connectivity index (χ1n) is 11.1. The van der Waals surface area contributed by atoms with Crippen LogP contribution in [0.15, 0.2) is 60.7 Å². The second kappa shape index (κ2) is 9.91. The summed E-state index contributed by atoms with van der Waals surface area (Å²) in [4.78, 5) is 29.0. The van der Waals surface area contributed by atoms with Gasteiger partial charge in [-0.3, -0.25) is 4.90 Å². The molecule has 4 rings (SSSR count). The van der Waals surface area contributed by atoms with Crippen molar-refractivity contribution in [1.82, 2.24) is 4.90 Å². The van der Waals surface area contributed by atoms with E-state index in [2.05, 4.69) is 10.6 Å². The van der Waals surface area contributed by atoms with Crippen molar-refractivity contribution in [2.75, 3.05) is 28.6 Å². The van der Waals surface area contributed by atoms with Gasteiger partial charge in [0.2, 0.25) is 0 Å². The zero-order valence-electron chi connectivity index (χ0n) is 19.1. The Morgan fingerprint density at radius 3 is 2.41 bits per heavy atom. The molecule has 1 saturated heterocycles. The molecule has 0 unspecified atom stereocenters. The standard InChI is InChI=1S/C26H26F2N4O2/c1-17-4-8-21(9-5-17)29-25(33)30-23-14-18(2)6-11-24(23)32-13-3-12-31(26(32)34)16-19-15-20(27)7-10-22(19)28/h4-11,14-15H,3,12-13,16H2,1-2H3,(H2,29,30,33). The molecule has 176 valence electrons. The third-order valence-corrected chi connectivity index (χ3v) is 5.68. The van der Waals surface area contributed by atoms with E-state index in [-0.39, 0.29) is 18.1 Å². The van der Waals surface area contributed by atoms with Crippen LogP contribution in [0.5, 0.6) is 0 Å². The Hall–Kier alpha value is -3.94. The Morgan fingerprint density at radius 1 is 0.912 bits per heavy atom. The van der Waals surface area contributed by atoms with Crippen molar-refractivity contribution >= 4 is 29.1 Å². The molecule has 0 spiro atoms. The normalized spacial score (nSPS) is 13.7. The lowest BCUT2D eigenvalue weighted by Crippen LogP contribution is -2.49. The minimum Gasteiger partial charge on any atom is -0.320 e. The summed E-state index contributed by atoms with van der Waals surface area (Å²) >= 11 is 0. The highest BCUT2D eigenvalue weighted by Crippen LogP contribution is 2.31. The van der Waals surface area contributed by atoms with Crippen LogP contribution in [0.3, 0.4) is 0 Å². The van der Waals surface area contributed by atoms with Crippen LogP contribution in [-0.2, 0) is 6.54 Å². The quantitative estimate of drug-likeness (QED) is 0.482. The molecule has 8 heteroatoms. The number of nitrogens with zero attached hydrogens (tertiary/aromatic N) is 2. The number of anilines is 3. The van der Waals surface area contributed by atoms with E-state index >= 15 is 0 Å². The predicted molar refractivity (Wildman–Crippen MR) is 129 cm³/mol. The number of hydrogen-bond acceptors (Lipinski definition) is 2. The molecule has 1 heterocycles. The van der Waals surface area contributed by atoms with Crippen LogP contribution in [0.25, 0.3) is 0 Å². The summed E-state index contributed by atoms with van der Waals surface area (Å²) in [6, 6.07) is 15.3. The molecule has 1 aliphatic heterocycles. The summed E-state index contributed by atoms with van der Waals surface area (Å²) in [5.74, 6) is -1.11. The molecule has 4 amide bonds. The van der Waals surface area contributed by atoms with Gasteiger partial charge in [-0.05, 0) is 68.3 Å². The number of carbonyl (C=O) groups excluding carboxylic acids is 2. The lowest BCUT2D eigenvalue weighted by molar-refractivity contribution is 0.191. The maximum atomic E-state index is 14.2. The van der Waals surface area contributed by atoms with E-state index in [4.69, 9.17) is 0 Å². The van der Waals surface area contributed by atoms with Crippen molar-refractivity contribution in [3.05, 3.63) is 89.0 Å². The number of aryl methyl sites for hydroxylation is 2. The maximum absolute atomic E-state index is 14.2. The van der Waals surface area contributed by atoms with E-state index in [1.807, 2.05) is 44.2 Å². The molecular formula is C26H26F2N4O2. The number of hydrogen-bond donors (Lipinski definition) is 2. The van der Waals surface area contributed by atoms with Gasteiger partial charge < -0.3 is 15.5 Å². The van der Waals surface area contributed by atoms with E-state index in [1.54, 1.807) is 17.0 Å². The smallest absolute Gasteiger partial charge is 0.320 e. The highest BCUT2D eigenvalue weighted by Gasteiger charge is 2.29.